The van der Waals surface area contributed by atoms with E-state index < -0.39 is 6.29 Å². The fraction of sp³-hybridized carbons (Fsp3) is 0.733. The second-order valence-corrected chi connectivity index (χ2v) is 6.80. The molecule has 0 fully saturated rings. The molecule has 0 spiro atoms. The van der Waals surface area contributed by atoms with E-state index in [4.69, 9.17) is 5.73 Å². The number of carbonyl (C=O) groups is 1. The lowest BCUT2D eigenvalue weighted by molar-refractivity contribution is 0.0646. The Morgan fingerprint density at radius 3 is 2.43 bits per heavy atom. The Hall–Kier alpha value is -1.56. The molecule has 1 aromatic rings. The summed E-state index contributed by atoms with van der Waals surface area (Å²) in [7, 11) is 3.76. The first-order chi connectivity index (χ1) is 9.70. The SMILES string of the molecule is CCCCN1C(=O)c2c(c(C(C)(C)C)nn2C)N(C)C1N. The van der Waals surface area contributed by atoms with Gasteiger partial charge in [0.15, 0.2) is 6.29 Å². The quantitative estimate of drug-likeness (QED) is 0.920. The Labute approximate surface area is 126 Å². The van der Waals surface area contributed by atoms with Crippen molar-refractivity contribution in [1.29, 1.82) is 0 Å². The van der Waals surface area contributed by atoms with Crippen LogP contribution >= 0.6 is 0 Å². The molecule has 0 bridgehead atoms. The first-order valence-corrected chi connectivity index (χ1v) is 7.57. The molecular weight excluding hydrogens is 266 g/mol. The van der Waals surface area contributed by atoms with E-state index in [-0.39, 0.29) is 11.3 Å². The van der Waals surface area contributed by atoms with Crippen LogP contribution in [0.15, 0.2) is 0 Å². The van der Waals surface area contributed by atoms with E-state index in [9.17, 15) is 4.79 Å². The van der Waals surface area contributed by atoms with Gasteiger partial charge in [-0.1, -0.05) is 34.1 Å². The first kappa shape index (κ1) is 15.8. The molecule has 2 N–H and O–H groups in total. The van der Waals surface area contributed by atoms with Crippen LogP contribution in [0.1, 0.15) is 56.7 Å². The van der Waals surface area contributed by atoms with E-state index in [1.807, 2.05) is 19.0 Å². The maximum absolute atomic E-state index is 12.8. The third-order valence-electron chi connectivity index (χ3n) is 4.02. The van der Waals surface area contributed by atoms with Gasteiger partial charge in [-0.05, 0) is 6.42 Å². The van der Waals surface area contributed by atoms with Crippen molar-refractivity contribution in [3.63, 3.8) is 0 Å². The Morgan fingerprint density at radius 1 is 1.29 bits per heavy atom. The molecule has 0 saturated heterocycles. The molecular formula is C15H27N5O. The lowest BCUT2D eigenvalue weighted by atomic mass is 9.90. The van der Waals surface area contributed by atoms with Crippen LogP contribution in [0.5, 0.6) is 0 Å². The number of anilines is 1. The zero-order valence-corrected chi connectivity index (χ0v) is 14.0. The Morgan fingerprint density at radius 2 is 1.90 bits per heavy atom. The molecule has 1 aliphatic heterocycles. The van der Waals surface area contributed by atoms with Crippen molar-refractivity contribution in [3.05, 3.63) is 11.4 Å². The fourth-order valence-electron chi connectivity index (χ4n) is 2.75. The number of nitrogens with two attached hydrogens (primary N) is 1. The average molecular weight is 293 g/mol. The number of rotatable bonds is 3. The molecule has 0 aromatic carbocycles. The molecule has 21 heavy (non-hydrogen) atoms. The van der Waals surface area contributed by atoms with E-state index in [0.717, 1.165) is 24.2 Å². The van der Waals surface area contributed by atoms with Crippen molar-refractivity contribution >= 4 is 11.6 Å². The predicted molar refractivity (Wildman–Crippen MR) is 84.2 cm³/mol. The lowest BCUT2D eigenvalue weighted by Gasteiger charge is -2.41. The smallest absolute Gasteiger partial charge is 0.276 e. The number of hydrogen-bond donors (Lipinski definition) is 1. The number of carbonyl (C=O) groups excluding carboxylic acids is 1. The van der Waals surface area contributed by atoms with Crippen molar-refractivity contribution in [1.82, 2.24) is 14.7 Å². The van der Waals surface area contributed by atoms with Gasteiger partial charge in [-0.3, -0.25) is 15.2 Å². The fourth-order valence-corrected chi connectivity index (χ4v) is 2.75. The summed E-state index contributed by atoms with van der Waals surface area (Å²) in [5.41, 5.74) is 8.58. The van der Waals surface area contributed by atoms with E-state index in [1.54, 1.807) is 9.58 Å². The van der Waals surface area contributed by atoms with Gasteiger partial charge in [0, 0.05) is 26.1 Å². The number of hydrogen-bond acceptors (Lipinski definition) is 4. The number of unbranched alkanes of at least 4 members (excludes halogenated alkanes) is 1. The van der Waals surface area contributed by atoms with Crippen LogP contribution in [0, 0.1) is 0 Å². The van der Waals surface area contributed by atoms with Gasteiger partial charge in [0.2, 0.25) is 0 Å². The molecule has 0 saturated carbocycles. The largest absolute Gasteiger partial charge is 0.339 e. The Kier molecular flexibility index (Phi) is 4.02. The van der Waals surface area contributed by atoms with Crippen LogP contribution < -0.4 is 10.6 Å². The van der Waals surface area contributed by atoms with Gasteiger partial charge in [-0.15, -0.1) is 0 Å². The van der Waals surface area contributed by atoms with Crippen LogP contribution in [0.3, 0.4) is 0 Å². The topological polar surface area (TPSA) is 67.4 Å². The lowest BCUT2D eigenvalue weighted by Crippen LogP contribution is -2.59. The van der Waals surface area contributed by atoms with E-state index in [0.29, 0.717) is 12.2 Å². The summed E-state index contributed by atoms with van der Waals surface area (Å²) in [4.78, 5) is 16.5. The second-order valence-electron chi connectivity index (χ2n) is 6.80. The van der Waals surface area contributed by atoms with Crippen LogP contribution in [0.25, 0.3) is 0 Å². The number of aryl methyl sites for hydroxylation is 1. The van der Waals surface area contributed by atoms with Gasteiger partial charge in [-0.25, -0.2) is 0 Å². The molecule has 1 unspecified atom stereocenters. The van der Waals surface area contributed by atoms with Crippen LogP contribution in [0.2, 0.25) is 0 Å². The Bertz CT molecular complexity index is 543. The van der Waals surface area contributed by atoms with Crippen molar-refractivity contribution in [2.24, 2.45) is 12.8 Å². The Balaban J connectivity index is 2.53. The molecule has 0 radical (unpaired) electrons. The molecule has 6 nitrogen and oxygen atoms in total. The van der Waals surface area contributed by atoms with Crippen molar-refractivity contribution in [2.75, 3.05) is 18.5 Å². The molecule has 2 heterocycles. The summed E-state index contributed by atoms with van der Waals surface area (Å²) >= 11 is 0. The number of aromatic nitrogens is 2. The summed E-state index contributed by atoms with van der Waals surface area (Å²) in [6.45, 7) is 9.09. The van der Waals surface area contributed by atoms with Gasteiger partial charge in [0.1, 0.15) is 5.69 Å². The van der Waals surface area contributed by atoms with E-state index in [1.165, 1.54) is 0 Å². The maximum atomic E-state index is 12.8. The molecule has 2 rings (SSSR count). The third-order valence-corrected chi connectivity index (χ3v) is 4.02. The standard InChI is InChI=1S/C15H27N5O/c1-7-8-9-20-13(21)11-10(18(5)14(20)16)12(15(2,3)4)17-19(11)6/h14H,7-9,16H2,1-6H3. The molecule has 1 atom stereocenters. The number of fused-ring (bicyclic) bond motifs is 1. The van der Waals surface area contributed by atoms with Crippen LogP contribution in [-0.4, -0.2) is 40.5 Å². The molecule has 6 heteroatoms. The second kappa shape index (κ2) is 5.33. The van der Waals surface area contributed by atoms with Crippen LogP contribution in [0.4, 0.5) is 5.69 Å². The van der Waals surface area contributed by atoms with Gasteiger partial charge >= 0.3 is 0 Å². The highest BCUT2D eigenvalue weighted by Gasteiger charge is 2.40. The molecule has 1 aliphatic rings. The van der Waals surface area contributed by atoms with Gasteiger partial charge in [0.05, 0.1) is 11.4 Å². The van der Waals surface area contributed by atoms with Gasteiger partial charge < -0.3 is 9.80 Å². The molecule has 1 amide bonds. The van der Waals surface area contributed by atoms with Crippen molar-refractivity contribution < 1.29 is 4.79 Å². The minimum Gasteiger partial charge on any atom is -0.339 e. The average Bonchev–Trinajstić information content (AvgIpc) is 2.74. The maximum Gasteiger partial charge on any atom is 0.276 e. The third kappa shape index (κ3) is 2.52. The summed E-state index contributed by atoms with van der Waals surface area (Å²) in [5, 5.41) is 4.59. The number of nitrogens with zero attached hydrogens (tertiary/aromatic N) is 4. The van der Waals surface area contributed by atoms with Crippen molar-refractivity contribution in [3.8, 4) is 0 Å². The summed E-state index contributed by atoms with van der Waals surface area (Å²) < 4.78 is 1.69. The number of amides is 1. The van der Waals surface area contributed by atoms with Gasteiger partial charge in [-0.2, -0.15) is 5.10 Å². The molecule has 1 aromatic heterocycles. The van der Waals surface area contributed by atoms with Gasteiger partial charge in [0.25, 0.3) is 5.91 Å². The zero-order chi connectivity index (χ0) is 15.9. The molecule has 0 aliphatic carbocycles. The highest BCUT2D eigenvalue weighted by molar-refractivity contribution is 6.01. The highest BCUT2D eigenvalue weighted by Crippen LogP contribution is 2.37. The minimum atomic E-state index is -0.429. The minimum absolute atomic E-state index is 0.0189. The monoisotopic (exact) mass is 293 g/mol. The summed E-state index contributed by atoms with van der Waals surface area (Å²) in [6.07, 6.45) is 1.56. The van der Waals surface area contributed by atoms with E-state index in [2.05, 4.69) is 32.8 Å². The summed E-state index contributed by atoms with van der Waals surface area (Å²) in [6, 6.07) is 0. The first-order valence-electron chi connectivity index (χ1n) is 7.57. The highest BCUT2D eigenvalue weighted by atomic mass is 16.2. The molecule has 118 valence electrons. The van der Waals surface area contributed by atoms with Crippen molar-refractivity contribution in [2.45, 2.75) is 52.2 Å². The predicted octanol–water partition coefficient (Wildman–Crippen LogP) is 1.65. The zero-order valence-electron chi connectivity index (χ0n) is 14.0. The van der Waals surface area contributed by atoms with Crippen LogP contribution in [-0.2, 0) is 12.5 Å². The normalized spacial score (nSPS) is 19.2. The summed E-state index contributed by atoms with van der Waals surface area (Å²) in [5.74, 6) is -0.0189. The van der Waals surface area contributed by atoms with E-state index >= 15 is 0 Å².